The molecule has 0 aliphatic rings. The molecule has 0 atom stereocenters. The second kappa shape index (κ2) is 7.39. The summed E-state index contributed by atoms with van der Waals surface area (Å²) in [5, 5.41) is 8.74. The maximum atomic E-state index is 10.8. The molecule has 0 fully saturated rings. The Balaban J connectivity index is 0.000000211. The van der Waals surface area contributed by atoms with Gasteiger partial charge in [0.1, 0.15) is 4.47 Å². The average Bonchev–Trinajstić information content (AvgIpc) is 2.42. The molecule has 1 aromatic heterocycles. The third kappa shape index (κ3) is 4.69. The monoisotopic (exact) mass is 367 g/mol. The van der Waals surface area contributed by atoms with Crippen LogP contribution in [0, 0.1) is 39.0 Å². The van der Waals surface area contributed by atoms with Gasteiger partial charge >= 0.3 is 0 Å². The zero-order valence-corrected chi connectivity index (χ0v) is 14.6. The molecule has 0 bridgehead atoms. The van der Waals surface area contributed by atoms with Crippen LogP contribution in [0.25, 0.3) is 0 Å². The lowest BCUT2D eigenvalue weighted by Crippen LogP contribution is -2.09. The van der Waals surface area contributed by atoms with Gasteiger partial charge in [0, 0.05) is 0 Å². The minimum Gasteiger partial charge on any atom is -0.296 e. The summed E-state index contributed by atoms with van der Waals surface area (Å²) in [5.74, 6) is 0. The van der Waals surface area contributed by atoms with Gasteiger partial charge in [0.25, 0.3) is 5.56 Å². The van der Waals surface area contributed by atoms with Gasteiger partial charge < -0.3 is 0 Å². The highest BCUT2D eigenvalue weighted by Gasteiger charge is 2.01. The number of nitrogens with zero attached hydrogens (tertiary/aromatic N) is 2. The Morgan fingerprint density at radius 1 is 1.24 bits per heavy atom. The standard InChI is InChI=1S/C10H11N.C5H4BrClN2O/c1-7-4-10(6-11)5-8(2)9(7)3;1-2-3(6)4(10)9-5(7)8-2/h4-5H,1-3H3;1H3,(H,8,9,10). The normalized spacial score (nSPS) is 9.57. The molecule has 0 unspecified atom stereocenters. The first kappa shape index (κ1) is 17.4. The van der Waals surface area contributed by atoms with E-state index in [1.54, 1.807) is 6.92 Å². The van der Waals surface area contributed by atoms with Crippen molar-refractivity contribution in [2.75, 3.05) is 0 Å². The van der Waals surface area contributed by atoms with Crippen molar-refractivity contribution < 1.29 is 0 Å². The minimum absolute atomic E-state index is 0.116. The Labute approximate surface area is 136 Å². The van der Waals surface area contributed by atoms with Crippen molar-refractivity contribution in [3.05, 3.63) is 60.2 Å². The lowest BCUT2D eigenvalue weighted by atomic mass is 10.0. The molecule has 0 radical (unpaired) electrons. The second-order valence-corrected chi connectivity index (χ2v) is 5.75. The van der Waals surface area contributed by atoms with Gasteiger partial charge in [-0.25, -0.2) is 4.98 Å². The summed E-state index contributed by atoms with van der Waals surface area (Å²) in [4.78, 5) is 17.0. The fourth-order valence-corrected chi connectivity index (χ4v) is 2.04. The molecular formula is C15H15BrClN3O. The first-order valence-corrected chi connectivity index (χ1v) is 7.33. The molecule has 0 spiro atoms. The molecule has 0 aliphatic carbocycles. The summed E-state index contributed by atoms with van der Waals surface area (Å²) >= 11 is 8.48. The molecule has 1 N–H and O–H groups in total. The van der Waals surface area contributed by atoms with Crippen molar-refractivity contribution in [1.82, 2.24) is 9.97 Å². The molecule has 0 aliphatic heterocycles. The van der Waals surface area contributed by atoms with Crippen LogP contribution in [0.3, 0.4) is 0 Å². The predicted molar refractivity (Wildman–Crippen MR) is 87.7 cm³/mol. The summed E-state index contributed by atoms with van der Waals surface area (Å²) < 4.78 is 0.428. The SMILES string of the molecule is Cc1cc(C#N)cc(C)c1C.Cc1nc(Cl)[nH]c(=O)c1Br. The minimum atomic E-state index is -0.252. The van der Waals surface area contributed by atoms with Gasteiger partial charge in [-0.2, -0.15) is 5.26 Å². The number of rotatable bonds is 0. The fraction of sp³-hybridized carbons (Fsp3) is 0.267. The van der Waals surface area contributed by atoms with Crippen molar-refractivity contribution in [3.8, 4) is 6.07 Å². The zero-order chi connectivity index (χ0) is 16.2. The van der Waals surface area contributed by atoms with Crippen molar-refractivity contribution in [2.45, 2.75) is 27.7 Å². The quantitative estimate of drug-likeness (QED) is 0.715. The van der Waals surface area contributed by atoms with E-state index in [0.29, 0.717) is 10.2 Å². The predicted octanol–water partition coefficient (Wildman–Crippen LogP) is 3.98. The Hall–Kier alpha value is -1.64. The van der Waals surface area contributed by atoms with Crippen molar-refractivity contribution in [1.29, 1.82) is 5.26 Å². The molecule has 1 heterocycles. The summed E-state index contributed by atoms with van der Waals surface area (Å²) in [5.41, 5.74) is 4.77. The van der Waals surface area contributed by atoms with Crippen molar-refractivity contribution in [2.24, 2.45) is 0 Å². The van der Waals surface area contributed by atoms with Gasteiger partial charge in [-0.3, -0.25) is 9.78 Å². The molecule has 2 rings (SSSR count). The summed E-state index contributed by atoms with van der Waals surface area (Å²) in [7, 11) is 0. The van der Waals surface area contributed by atoms with Gasteiger partial charge in [-0.15, -0.1) is 0 Å². The highest BCUT2D eigenvalue weighted by Crippen LogP contribution is 2.14. The van der Waals surface area contributed by atoms with E-state index in [0.717, 1.165) is 5.56 Å². The van der Waals surface area contributed by atoms with E-state index in [1.165, 1.54) is 16.7 Å². The molecule has 21 heavy (non-hydrogen) atoms. The number of hydrogen-bond donors (Lipinski definition) is 1. The molecule has 4 nitrogen and oxygen atoms in total. The van der Waals surface area contributed by atoms with Crippen LogP contribution in [-0.4, -0.2) is 9.97 Å². The Morgan fingerprint density at radius 3 is 2.19 bits per heavy atom. The number of nitriles is 1. The Bertz CT molecular complexity index is 739. The zero-order valence-electron chi connectivity index (χ0n) is 12.2. The van der Waals surface area contributed by atoms with E-state index in [-0.39, 0.29) is 10.8 Å². The fourth-order valence-electron chi connectivity index (χ4n) is 1.64. The highest BCUT2D eigenvalue weighted by atomic mass is 79.9. The number of aromatic nitrogens is 2. The van der Waals surface area contributed by atoms with Crippen molar-refractivity contribution >= 4 is 27.5 Å². The molecule has 0 amide bonds. The third-order valence-electron chi connectivity index (χ3n) is 3.06. The number of halogens is 2. The summed E-state index contributed by atoms with van der Waals surface area (Å²) in [6.07, 6.45) is 0. The van der Waals surface area contributed by atoms with Crippen molar-refractivity contribution in [3.63, 3.8) is 0 Å². The number of hydrogen-bond acceptors (Lipinski definition) is 3. The maximum Gasteiger partial charge on any atom is 0.266 e. The van der Waals surface area contributed by atoms with Crippen LogP contribution >= 0.6 is 27.5 Å². The van der Waals surface area contributed by atoms with Crippen LogP contribution in [0.5, 0.6) is 0 Å². The first-order valence-electron chi connectivity index (χ1n) is 6.16. The van der Waals surface area contributed by atoms with Gasteiger partial charge in [-0.1, -0.05) is 0 Å². The van der Waals surface area contributed by atoms with Crippen LogP contribution in [0.2, 0.25) is 5.28 Å². The van der Waals surface area contributed by atoms with Crippen LogP contribution in [0.15, 0.2) is 21.4 Å². The number of nitrogens with one attached hydrogen (secondary N) is 1. The van der Waals surface area contributed by atoms with Crippen LogP contribution in [0.1, 0.15) is 27.9 Å². The first-order chi connectivity index (χ1) is 9.76. The van der Waals surface area contributed by atoms with E-state index in [4.69, 9.17) is 16.9 Å². The molecule has 2 aromatic rings. The van der Waals surface area contributed by atoms with Gasteiger partial charge in [0.2, 0.25) is 5.28 Å². The van der Waals surface area contributed by atoms with Crippen LogP contribution in [-0.2, 0) is 0 Å². The largest absolute Gasteiger partial charge is 0.296 e. The van der Waals surface area contributed by atoms with E-state index in [1.807, 2.05) is 26.0 Å². The lowest BCUT2D eigenvalue weighted by Gasteiger charge is -2.03. The number of H-pyrrole nitrogens is 1. The molecule has 110 valence electrons. The molecule has 6 heteroatoms. The molecule has 1 aromatic carbocycles. The summed E-state index contributed by atoms with van der Waals surface area (Å²) in [6, 6.07) is 5.97. The smallest absolute Gasteiger partial charge is 0.266 e. The van der Waals surface area contributed by atoms with Gasteiger partial charge in [-0.05, 0) is 84.0 Å². The molecule has 0 saturated heterocycles. The van der Waals surface area contributed by atoms with Crippen LogP contribution in [0.4, 0.5) is 0 Å². The lowest BCUT2D eigenvalue weighted by molar-refractivity contribution is 1.04. The van der Waals surface area contributed by atoms with E-state index < -0.39 is 0 Å². The maximum absolute atomic E-state index is 10.8. The third-order valence-corrected chi connectivity index (χ3v) is 4.17. The van der Waals surface area contributed by atoms with Gasteiger partial charge in [0.05, 0.1) is 17.3 Å². The molecular weight excluding hydrogens is 354 g/mol. The van der Waals surface area contributed by atoms with E-state index in [9.17, 15) is 4.79 Å². The Kier molecular flexibility index (Phi) is 6.13. The number of benzene rings is 1. The van der Waals surface area contributed by atoms with E-state index >= 15 is 0 Å². The molecule has 0 saturated carbocycles. The Morgan fingerprint density at radius 2 is 1.76 bits per heavy atom. The topological polar surface area (TPSA) is 69.5 Å². The average molecular weight is 369 g/mol. The number of aromatic amines is 1. The van der Waals surface area contributed by atoms with Gasteiger partial charge in [0.15, 0.2) is 0 Å². The van der Waals surface area contributed by atoms with E-state index in [2.05, 4.69) is 38.9 Å². The van der Waals surface area contributed by atoms with Crippen LogP contribution < -0.4 is 5.56 Å². The number of aryl methyl sites for hydroxylation is 3. The summed E-state index contributed by atoms with van der Waals surface area (Å²) in [6.45, 7) is 7.84. The highest BCUT2D eigenvalue weighted by molar-refractivity contribution is 9.10. The second-order valence-electron chi connectivity index (χ2n) is 4.60.